The van der Waals surface area contributed by atoms with Crippen LogP contribution >= 0.6 is 11.6 Å². The number of benzene rings is 3. The van der Waals surface area contributed by atoms with Crippen molar-refractivity contribution in [3.05, 3.63) is 100 Å². The van der Waals surface area contributed by atoms with Gasteiger partial charge in [-0.15, -0.1) is 0 Å². The van der Waals surface area contributed by atoms with Crippen molar-refractivity contribution in [3.63, 3.8) is 0 Å². The molecule has 0 radical (unpaired) electrons. The second-order valence-electron chi connectivity index (χ2n) is 10.5. The molecular formula is C33H35ClN6O2. The third-order valence-electron chi connectivity index (χ3n) is 7.36. The number of aliphatic imine (C=N–C) groups is 1. The predicted octanol–water partition coefficient (Wildman–Crippen LogP) is 6.36. The molecule has 2 aliphatic heterocycles. The number of nitrogens with one attached hydrogen (secondary N) is 2. The molecule has 2 atom stereocenters. The summed E-state index contributed by atoms with van der Waals surface area (Å²) in [6.45, 7) is 6.00. The molecule has 0 aliphatic carbocycles. The highest BCUT2D eigenvalue weighted by Gasteiger charge is 2.26. The highest BCUT2D eigenvalue weighted by atomic mass is 35.5. The summed E-state index contributed by atoms with van der Waals surface area (Å²) in [6, 6.07) is 21.6. The lowest BCUT2D eigenvalue weighted by molar-refractivity contribution is 0.0674. The Bertz CT molecular complexity index is 1630. The minimum Gasteiger partial charge on any atom is -0.496 e. The van der Waals surface area contributed by atoms with Gasteiger partial charge in [0.15, 0.2) is 0 Å². The number of carbonyl (C=O) groups excluding carboxylic acids is 1. The molecule has 6 rings (SSSR count). The zero-order valence-corrected chi connectivity index (χ0v) is 23.9. The van der Waals surface area contributed by atoms with E-state index in [2.05, 4.69) is 29.5 Å². The molecule has 4 aromatic rings. The lowest BCUT2D eigenvalue weighted by Crippen LogP contribution is -2.55. The molecule has 42 heavy (non-hydrogen) atoms. The maximum Gasteiger partial charge on any atom is 0.253 e. The number of aromatic nitrogens is 2. The van der Waals surface area contributed by atoms with Crippen molar-refractivity contribution in [2.45, 2.75) is 39.9 Å². The number of amides is 1. The van der Waals surface area contributed by atoms with E-state index >= 15 is 0 Å². The van der Waals surface area contributed by atoms with Crippen LogP contribution in [0.5, 0.6) is 5.75 Å². The average molecular weight is 583 g/mol. The number of rotatable bonds is 5. The first-order chi connectivity index (χ1) is 19.9. The summed E-state index contributed by atoms with van der Waals surface area (Å²) in [7, 11) is 1.65. The number of anilines is 2. The fourth-order valence-electron chi connectivity index (χ4n) is 5.56. The number of para-hydroxylation sites is 1. The zero-order valence-electron chi connectivity index (χ0n) is 23.2. The zero-order chi connectivity index (χ0) is 28.5. The molecule has 216 valence electrons. The Morgan fingerprint density at radius 3 is 2.48 bits per heavy atom. The van der Waals surface area contributed by atoms with E-state index < -0.39 is 0 Å². The van der Waals surface area contributed by atoms with Crippen LogP contribution in [0.4, 0.5) is 11.6 Å². The van der Waals surface area contributed by atoms with Crippen LogP contribution in [0.3, 0.4) is 0 Å². The Labute approximate surface area is 251 Å². The maximum absolute atomic E-state index is 13.1. The lowest BCUT2D eigenvalue weighted by Gasteiger charge is -2.36. The molecule has 8 nitrogen and oxygen atoms in total. The largest absolute Gasteiger partial charge is 0.496 e. The molecule has 1 saturated heterocycles. The number of nitrogens with zero attached hydrogens (tertiary/aromatic N) is 4. The Morgan fingerprint density at radius 1 is 1.00 bits per heavy atom. The van der Waals surface area contributed by atoms with Gasteiger partial charge in [-0.3, -0.25) is 9.79 Å². The van der Waals surface area contributed by atoms with Crippen LogP contribution < -0.4 is 15.4 Å². The molecule has 3 aromatic carbocycles. The lowest BCUT2D eigenvalue weighted by atomic mass is 9.95. The number of fused-ring (bicyclic) bond motifs is 3. The van der Waals surface area contributed by atoms with Crippen LogP contribution in [0.25, 0.3) is 11.3 Å². The fraction of sp³-hybridized carbons (Fsp3) is 0.273. The van der Waals surface area contributed by atoms with Crippen LogP contribution in [-0.4, -0.2) is 58.8 Å². The molecule has 9 heteroatoms. The monoisotopic (exact) mass is 582 g/mol. The highest BCUT2D eigenvalue weighted by molar-refractivity contribution is 6.31. The fourth-order valence-corrected chi connectivity index (χ4v) is 5.73. The molecule has 0 bridgehead atoms. The molecule has 1 amide bonds. The molecular weight excluding hydrogens is 548 g/mol. The van der Waals surface area contributed by atoms with E-state index in [4.69, 9.17) is 26.3 Å². The summed E-state index contributed by atoms with van der Waals surface area (Å²) in [5, 5.41) is 7.37. The van der Waals surface area contributed by atoms with Crippen molar-refractivity contribution in [1.29, 1.82) is 0 Å². The second kappa shape index (κ2) is 12.3. The van der Waals surface area contributed by atoms with Gasteiger partial charge in [0.1, 0.15) is 5.75 Å². The molecule has 1 aromatic heterocycles. The van der Waals surface area contributed by atoms with Crippen molar-refractivity contribution in [1.82, 2.24) is 20.2 Å². The SMILES string of the molecule is C.COc1ccccc1C1=NCc2cnc(Nc3ccc(C(=O)N4CC(C)NC(C)C4)cc3)nc2-c2ccc(Cl)cc21. The minimum absolute atomic E-state index is 0. The van der Waals surface area contributed by atoms with Gasteiger partial charge in [0.2, 0.25) is 5.95 Å². The number of halogens is 1. The van der Waals surface area contributed by atoms with Gasteiger partial charge < -0.3 is 20.3 Å². The first kappa shape index (κ1) is 29.2. The predicted molar refractivity (Wildman–Crippen MR) is 169 cm³/mol. The normalized spacial score (nSPS) is 17.6. The molecule has 2 unspecified atom stereocenters. The molecule has 0 spiro atoms. The van der Waals surface area contributed by atoms with Crippen LogP contribution in [-0.2, 0) is 6.54 Å². The van der Waals surface area contributed by atoms with Crippen molar-refractivity contribution in [3.8, 4) is 17.0 Å². The van der Waals surface area contributed by atoms with E-state index in [-0.39, 0.29) is 25.4 Å². The van der Waals surface area contributed by atoms with Gasteiger partial charge in [-0.2, -0.15) is 0 Å². The average Bonchev–Trinajstić information content (AvgIpc) is 3.13. The van der Waals surface area contributed by atoms with Gasteiger partial charge in [-0.05, 0) is 62.4 Å². The van der Waals surface area contributed by atoms with Crippen molar-refractivity contribution >= 4 is 34.9 Å². The van der Waals surface area contributed by atoms with Gasteiger partial charge in [-0.25, -0.2) is 9.97 Å². The standard InChI is InChI=1S/C32H31ClN6O2.CH4/c1-19-17-39(18-20(2)36-19)31(40)21-8-11-24(12-9-21)37-32-35-16-22-15-34-30(26-6-4-5-7-28(26)41-3)27-14-23(33)10-13-25(27)29(22)38-32;/h4-14,16,19-20,36H,15,17-18H2,1-3H3,(H,35,37,38);1H4. The number of carbonyl (C=O) groups is 1. The third kappa shape index (κ3) is 5.86. The Morgan fingerprint density at radius 2 is 1.74 bits per heavy atom. The number of piperazine rings is 1. The summed E-state index contributed by atoms with van der Waals surface area (Å²) >= 11 is 6.46. The quantitative estimate of drug-likeness (QED) is 0.284. The van der Waals surface area contributed by atoms with Crippen LogP contribution in [0.1, 0.15) is 48.3 Å². The molecule has 0 saturated carbocycles. The first-order valence-corrected chi connectivity index (χ1v) is 14.0. The summed E-state index contributed by atoms with van der Waals surface area (Å²) in [4.78, 5) is 29.4. The van der Waals surface area contributed by atoms with Crippen LogP contribution in [0, 0.1) is 0 Å². The highest BCUT2D eigenvalue weighted by Crippen LogP contribution is 2.35. The van der Waals surface area contributed by atoms with E-state index in [1.54, 1.807) is 7.11 Å². The smallest absolute Gasteiger partial charge is 0.253 e. The Hall–Kier alpha value is -4.27. The summed E-state index contributed by atoms with van der Waals surface area (Å²) in [5.41, 5.74) is 6.62. The maximum atomic E-state index is 13.1. The van der Waals surface area contributed by atoms with E-state index in [0.29, 0.717) is 36.2 Å². The number of hydrogen-bond donors (Lipinski definition) is 2. The molecule has 2 N–H and O–H groups in total. The van der Waals surface area contributed by atoms with E-state index in [1.165, 1.54) is 0 Å². The Kier molecular flexibility index (Phi) is 8.56. The van der Waals surface area contributed by atoms with Crippen LogP contribution in [0.2, 0.25) is 5.02 Å². The molecule has 2 aliphatic rings. The van der Waals surface area contributed by atoms with Crippen LogP contribution in [0.15, 0.2) is 77.9 Å². The van der Waals surface area contributed by atoms with Gasteiger partial charge in [0.05, 0.1) is 25.1 Å². The number of methoxy groups -OCH3 is 1. The minimum atomic E-state index is 0. The van der Waals surface area contributed by atoms with Crippen molar-refractivity contribution in [2.24, 2.45) is 4.99 Å². The van der Waals surface area contributed by atoms with Crippen molar-refractivity contribution in [2.75, 3.05) is 25.5 Å². The van der Waals surface area contributed by atoms with Gasteiger partial charge in [-0.1, -0.05) is 37.2 Å². The summed E-state index contributed by atoms with van der Waals surface area (Å²) in [6.07, 6.45) is 1.81. The third-order valence-corrected chi connectivity index (χ3v) is 7.59. The molecule has 3 heterocycles. The first-order valence-electron chi connectivity index (χ1n) is 13.7. The Balaban J connectivity index is 0.00000353. The van der Waals surface area contributed by atoms with E-state index in [9.17, 15) is 4.79 Å². The summed E-state index contributed by atoms with van der Waals surface area (Å²) in [5.74, 6) is 1.23. The second-order valence-corrected chi connectivity index (χ2v) is 10.9. The van der Waals surface area contributed by atoms with E-state index in [0.717, 1.165) is 45.1 Å². The van der Waals surface area contributed by atoms with Gasteiger partial charge in [0, 0.05) is 69.9 Å². The van der Waals surface area contributed by atoms with Gasteiger partial charge in [0.25, 0.3) is 5.91 Å². The van der Waals surface area contributed by atoms with Gasteiger partial charge >= 0.3 is 0 Å². The van der Waals surface area contributed by atoms with Crippen molar-refractivity contribution < 1.29 is 9.53 Å². The topological polar surface area (TPSA) is 91.7 Å². The summed E-state index contributed by atoms with van der Waals surface area (Å²) < 4.78 is 5.64. The number of ether oxygens (including phenoxy) is 1. The number of hydrogen-bond acceptors (Lipinski definition) is 7. The van der Waals surface area contributed by atoms with E-state index in [1.807, 2.05) is 77.8 Å². The molecule has 1 fully saturated rings.